The van der Waals surface area contributed by atoms with E-state index >= 15 is 0 Å². The molecular formula is C15H19N5O3. The van der Waals surface area contributed by atoms with Crippen molar-refractivity contribution in [2.75, 3.05) is 18.9 Å². The molecule has 2 aromatic heterocycles. The smallest absolute Gasteiger partial charge is 0.199 e. The molecule has 0 unspecified atom stereocenters. The number of nitrogen functional groups attached to an aromatic ring is 1. The molecule has 3 aromatic rings. The Morgan fingerprint density at radius 1 is 1.17 bits per heavy atom. The molecule has 0 spiro atoms. The average molecular weight is 317 g/mol. The van der Waals surface area contributed by atoms with Gasteiger partial charge >= 0.3 is 0 Å². The van der Waals surface area contributed by atoms with Crippen LogP contribution in [0.4, 0.5) is 5.82 Å². The number of ether oxygens (including phenoxy) is 2. The van der Waals surface area contributed by atoms with E-state index in [1.54, 1.807) is 0 Å². The molecule has 0 aliphatic heterocycles. The zero-order valence-corrected chi connectivity index (χ0v) is 13.1. The predicted molar refractivity (Wildman–Crippen MR) is 84.5 cm³/mol. The van der Waals surface area contributed by atoms with Gasteiger partial charge in [-0.05, 0) is 36.3 Å². The van der Waals surface area contributed by atoms with E-state index in [-0.39, 0.29) is 12.1 Å². The number of hydrogen-bond donors (Lipinski definition) is 1. The van der Waals surface area contributed by atoms with E-state index in [9.17, 15) is 0 Å². The molecule has 2 heterocycles. The first-order valence-corrected chi connectivity index (χ1v) is 7.51. The van der Waals surface area contributed by atoms with Crippen LogP contribution < -0.4 is 5.73 Å². The molecule has 122 valence electrons. The van der Waals surface area contributed by atoms with Crippen LogP contribution in [0.15, 0.2) is 28.9 Å². The molecule has 2 N–H and O–H groups in total. The number of para-hydroxylation sites is 2. The zero-order valence-electron chi connectivity index (χ0n) is 13.1. The molecule has 0 saturated carbocycles. The van der Waals surface area contributed by atoms with Crippen molar-refractivity contribution in [3.8, 4) is 11.5 Å². The summed E-state index contributed by atoms with van der Waals surface area (Å²) in [5.74, 6) is 0.778. The molecule has 0 radical (unpaired) electrons. The summed E-state index contributed by atoms with van der Waals surface area (Å²) in [4.78, 5) is 4.60. The highest BCUT2D eigenvalue weighted by molar-refractivity contribution is 5.81. The first kappa shape index (κ1) is 15.4. The maximum absolute atomic E-state index is 5.83. The molecule has 3 rings (SSSR count). The summed E-state index contributed by atoms with van der Waals surface area (Å²) in [5.41, 5.74) is 8.01. The van der Waals surface area contributed by atoms with Crippen LogP contribution in [0.1, 0.15) is 13.8 Å². The highest BCUT2D eigenvalue weighted by Gasteiger charge is 2.21. The standard InChI is InChI=1S/C15H19N5O3/c1-3-21-12(22-4-2)9-20-11-8-6-5-7-10(11)17-15(20)13-14(16)19-23-18-13/h5-8,12H,3-4,9H2,1-2H3,(H2,16,19). The van der Waals surface area contributed by atoms with E-state index in [4.69, 9.17) is 19.8 Å². The minimum Gasteiger partial charge on any atom is -0.379 e. The molecule has 0 atom stereocenters. The fourth-order valence-corrected chi connectivity index (χ4v) is 2.47. The van der Waals surface area contributed by atoms with Gasteiger partial charge in [0.15, 0.2) is 23.6 Å². The second-order valence-electron chi connectivity index (χ2n) is 4.87. The topological polar surface area (TPSA) is 101 Å². The van der Waals surface area contributed by atoms with Gasteiger partial charge in [-0.2, -0.15) is 0 Å². The Balaban J connectivity index is 2.07. The van der Waals surface area contributed by atoms with Gasteiger partial charge in [0.2, 0.25) is 0 Å². The van der Waals surface area contributed by atoms with Crippen molar-refractivity contribution in [3.63, 3.8) is 0 Å². The molecule has 8 heteroatoms. The van der Waals surface area contributed by atoms with Gasteiger partial charge in [-0.3, -0.25) is 0 Å². The van der Waals surface area contributed by atoms with Crippen molar-refractivity contribution >= 4 is 16.9 Å². The highest BCUT2D eigenvalue weighted by Crippen LogP contribution is 2.27. The summed E-state index contributed by atoms with van der Waals surface area (Å²) < 4.78 is 18.0. The lowest BCUT2D eigenvalue weighted by Crippen LogP contribution is -2.24. The minimum atomic E-state index is -0.387. The Kier molecular flexibility index (Phi) is 4.54. The quantitative estimate of drug-likeness (QED) is 0.665. The number of nitrogens with two attached hydrogens (primary N) is 1. The van der Waals surface area contributed by atoms with Crippen LogP contribution in [0.25, 0.3) is 22.6 Å². The van der Waals surface area contributed by atoms with Crippen molar-refractivity contribution in [1.29, 1.82) is 0 Å². The lowest BCUT2D eigenvalue weighted by atomic mass is 10.3. The van der Waals surface area contributed by atoms with Gasteiger partial charge in [-0.15, -0.1) is 0 Å². The largest absolute Gasteiger partial charge is 0.379 e. The van der Waals surface area contributed by atoms with Gasteiger partial charge in [0.1, 0.15) is 0 Å². The van der Waals surface area contributed by atoms with Gasteiger partial charge in [0, 0.05) is 13.2 Å². The number of hydrogen-bond acceptors (Lipinski definition) is 7. The SMILES string of the molecule is CCOC(Cn1c(-c2nonc2N)nc2ccccc21)OCC. The average Bonchev–Trinajstić information content (AvgIpc) is 3.12. The van der Waals surface area contributed by atoms with Gasteiger partial charge in [0.25, 0.3) is 0 Å². The summed E-state index contributed by atoms with van der Waals surface area (Å²) in [6.45, 7) is 5.43. The van der Waals surface area contributed by atoms with Crippen molar-refractivity contribution in [1.82, 2.24) is 19.9 Å². The number of aromatic nitrogens is 4. The van der Waals surface area contributed by atoms with E-state index in [1.807, 2.05) is 42.7 Å². The van der Waals surface area contributed by atoms with Crippen molar-refractivity contribution < 1.29 is 14.1 Å². The summed E-state index contributed by atoms with van der Waals surface area (Å²) in [5, 5.41) is 7.50. The van der Waals surface area contributed by atoms with Gasteiger partial charge in [0.05, 0.1) is 17.6 Å². The summed E-state index contributed by atoms with van der Waals surface area (Å²) >= 11 is 0. The minimum absolute atomic E-state index is 0.200. The molecule has 0 saturated heterocycles. The number of anilines is 1. The van der Waals surface area contributed by atoms with E-state index in [0.29, 0.717) is 31.3 Å². The van der Waals surface area contributed by atoms with Crippen LogP contribution in [0.5, 0.6) is 0 Å². The Morgan fingerprint density at radius 2 is 1.91 bits per heavy atom. The molecule has 0 fully saturated rings. The second kappa shape index (κ2) is 6.76. The van der Waals surface area contributed by atoms with Gasteiger partial charge in [-0.25, -0.2) is 9.61 Å². The first-order chi connectivity index (χ1) is 11.2. The second-order valence-corrected chi connectivity index (χ2v) is 4.87. The Labute approximate surface area is 133 Å². The summed E-state index contributed by atoms with van der Waals surface area (Å²) in [6.07, 6.45) is -0.387. The highest BCUT2D eigenvalue weighted by atomic mass is 16.7. The monoisotopic (exact) mass is 317 g/mol. The van der Waals surface area contributed by atoms with Crippen LogP contribution >= 0.6 is 0 Å². The van der Waals surface area contributed by atoms with Crippen molar-refractivity contribution in [3.05, 3.63) is 24.3 Å². The molecule has 8 nitrogen and oxygen atoms in total. The Hall–Kier alpha value is -2.45. The maximum atomic E-state index is 5.83. The predicted octanol–water partition coefficient (Wildman–Crippen LogP) is 2.07. The Bertz CT molecular complexity index is 776. The van der Waals surface area contributed by atoms with Crippen LogP contribution in [0, 0.1) is 0 Å². The van der Waals surface area contributed by atoms with E-state index in [1.165, 1.54) is 0 Å². The van der Waals surface area contributed by atoms with Gasteiger partial charge in [-0.1, -0.05) is 12.1 Å². The van der Waals surface area contributed by atoms with Crippen molar-refractivity contribution in [2.24, 2.45) is 0 Å². The molecule has 1 aromatic carbocycles. The number of imidazole rings is 1. The molecule has 0 aliphatic carbocycles. The summed E-state index contributed by atoms with van der Waals surface area (Å²) in [7, 11) is 0. The van der Waals surface area contributed by atoms with E-state index < -0.39 is 0 Å². The fraction of sp³-hybridized carbons (Fsp3) is 0.400. The van der Waals surface area contributed by atoms with Crippen LogP contribution in [0.3, 0.4) is 0 Å². The van der Waals surface area contributed by atoms with Crippen LogP contribution in [-0.4, -0.2) is 39.4 Å². The van der Waals surface area contributed by atoms with Gasteiger partial charge < -0.3 is 19.8 Å². The van der Waals surface area contributed by atoms with Crippen LogP contribution in [-0.2, 0) is 16.0 Å². The molecule has 0 bridgehead atoms. The van der Waals surface area contributed by atoms with Crippen molar-refractivity contribution in [2.45, 2.75) is 26.7 Å². The molecular weight excluding hydrogens is 298 g/mol. The third kappa shape index (κ3) is 3.03. The third-order valence-electron chi connectivity index (χ3n) is 3.42. The number of benzene rings is 1. The Morgan fingerprint density at radius 3 is 2.57 bits per heavy atom. The van der Waals surface area contributed by atoms with E-state index in [2.05, 4.69) is 15.3 Å². The maximum Gasteiger partial charge on any atom is 0.199 e. The lowest BCUT2D eigenvalue weighted by molar-refractivity contribution is -0.142. The zero-order chi connectivity index (χ0) is 16.2. The molecule has 23 heavy (non-hydrogen) atoms. The van der Waals surface area contributed by atoms with E-state index in [0.717, 1.165) is 11.0 Å². The summed E-state index contributed by atoms with van der Waals surface area (Å²) in [6, 6.07) is 7.78. The van der Waals surface area contributed by atoms with Crippen LogP contribution in [0.2, 0.25) is 0 Å². The fourth-order valence-electron chi connectivity index (χ4n) is 2.47. The number of fused-ring (bicyclic) bond motifs is 1. The third-order valence-corrected chi connectivity index (χ3v) is 3.42. The molecule has 0 aliphatic rings. The number of rotatable bonds is 7. The first-order valence-electron chi connectivity index (χ1n) is 7.51. The molecule has 0 amide bonds. The lowest BCUT2D eigenvalue weighted by Gasteiger charge is -2.19. The number of nitrogens with zero attached hydrogens (tertiary/aromatic N) is 4. The normalized spacial score (nSPS) is 11.6.